The Morgan fingerprint density at radius 2 is 1.80 bits per heavy atom. The third-order valence-corrected chi connectivity index (χ3v) is 5.28. The Balaban J connectivity index is 2.36. The van der Waals surface area contributed by atoms with Crippen molar-refractivity contribution in [2.45, 2.75) is 25.6 Å². The van der Waals surface area contributed by atoms with Gasteiger partial charge in [-0.05, 0) is 36.8 Å². The van der Waals surface area contributed by atoms with Crippen molar-refractivity contribution in [1.82, 2.24) is 0 Å². The summed E-state index contributed by atoms with van der Waals surface area (Å²) >= 11 is 0. The van der Waals surface area contributed by atoms with Crippen molar-refractivity contribution in [3.63, 3.8) is 0 Å². The summed E-state index contributed by atoms with van der Waals surface area (Å²) in [4.78, 5) is 23.0. The minimum atomic E-state index is -4.54. The number of halogens is 3. The summed E-state index contributed by atoms with van der Waals surface area (Å²) in [6, 6.07) is 7.16. The second kappa shape index (κ2) is 8.69. The quantitative estimate of drug-likeness (QED) is 0.515. The van der Waals surface area contributed by atoms with E-state index in [2.05, 4.69) is 5.32 Å². The van der Waals surface area contributed by atoms with Gasteiger partial charge in [-0.25, -0.2) is 8.42 Å². The third kappa shape index (κ3) is 5.47. The molecule has 0 unspecified atom stereocenters. The van der Waals surface area contributed by atoms with Gasteiger partial charge in [0.05, 0.1) is 22.4 Å². The predicted molar refractivity (Wildman–Crippen MR) is 105 cm³/mol. The van der Waals surface area contributed by atoms with Gasteiger partial charge >= 0.3 is 6.18 Å². The third-order valence-electron chi connectivity index (χ3n) is 4.10. The maximum Gasteiger partial charge on any atom is 0.416 e. The number of sulfonamides is 1. The molecule has 0 aliphatic heterocycles. The van der Waals surface area contributed by atoms with Crippen LogP contribution < -0.4 is 9.62 Å². The molecule has 1 amide bonds. The maximum absolute atomic E-state index is 12.7. The van der Waals surface area contributed by atoms with E-state index in [0.29, 0.717) is 0 Å². The largest absolute Gasteiger partial charge is 0.416 e. The first-order chi connectivity index (χ1) is 13.8. The number of alkyl halides is 3. The summed E-state index contributed by atoms with van der Waals surface area (Å²) in [5.41, 5.74) is -1.30. The molecule has 0 saturated heterocycles. The molecule has 12 heteroatoms. The molecule has 0 radical (unpaired) electrons. The summed E-state index contributed by atoms with van der Waals surface area (Å²) in [6.07, 6.45) is -3.69. The van der Waals surface area contributed by atoms with Crippen LogP contribution in [0.5, 0.6) is 0 Å². The SMILES string of the molecule is CC[C@@H](C(=O)Nc1ccc(C(F)(F)F)cc1)N(c1cccc([N+](=O)[O-])c1)S(C)(=O)=O. The standard InChI is InChI=1S/C18H18F3N3O5S/c1-3-16(17(25)22-13-9-7-12(8-10-13)18(19,20)21)23(30(2,28)29)14-5-4-6-15(11-14)24(26)27/h4-11,16H,3H2,1-2H3,(H,22,25)/t16-/m0/s1. The second-order valence-electron chi connectivity index (χ2n) is 6.32. The number of nitro groups is 1. The van der Waals surface area contributed by atoms with Crippen molar-refractivity contribution in [2.24, 2.45) is 0 Å². The number of non-ortho nitro benzene ring substituents is 1. The summed E-state index contributed by atoms with van der Waals surface area (Å²) in [5, 5.41) is 13.4. The van der Waals surface area contributed by atoms with Crippen molar-refractivity contribution in [3.8, 4) is 0 Å². The predicted octanol–water partition coefficient (Wildman–Crippen LogP) is 3.80. The van der Waals surface area contributed by atoms with Crippen LogP contribution in [-0.2, 0) is 21.0 Å². The molecule has 0 saturated carbocycles. The van der Waals surface area contributed by atoms with E-state index in [-0.39, 0.29) is 23.5 Å². The number of hydrogen-bond acceptors (Lipinski definition) is 5. The Labute approximate surface area is 170 Å². The number of carbonyl (C=O) groups is 1. The van der Waals surface area contributed by atoms with Crippen molar-refractivity contribution >= 4 is 33.0 Å². The topological polar surface area (TPSA) is 110 Å². The molecule has 0 aliphatic rings. The molecule has 1 atom stereocenters. The van der Waals surface area contributed by atoms with E-state index in [0.717, 1.165) is 40.9 Å². The van der Waals surface area contributed by atoms with Gasteiger partial charge in [-0.1, -0.05) is 13.0 Å². The molecule has 0 heterocycles. The molecule has 0 spiro atoms. The van der Waals surface area contributed by atoms with Gasteiger partial charge in [0, 0.05) is 17.8 Å². The lowest BCUT2D eigenvalue weighted by Gasteiger charge is -2.30. The van der Waals surface area contributed by atoms with E-state index in [1.54, 1.807) is 0 Å². The van der Waals surface area contributed by atoms with Gasteiger partial charge in [0.1, 0.15) is 6.04 Å². The Morgan fingerprint density at radius 3 is 2.27 bits per heavy atom. The van der Waals surface area contributed by atoms with Gasteiger partial charge in [-0.15, -0.1) is 0 Å². The average molecular weight is 445 g/mol. The van der Waals surface area contributed by atoms with E-state index >= 15 is 0 Å². The molecular weight excluding hydrogens is 427 g/mol. The Morgan fingerprint density at radius 1 is 1.20 bits per heavy atom. The molecule has 162 valence electrons. The van der Waals surface area contributed by atoms with Crippen molar-refractivity contribution in [1.29, 1.82) is 0 Å². The lowest BCUT2D eigenvalue weighted by Crippen LogP contribution is -2.47. The van der Waals surface area contributed by atoms with Gasteiger partial charge in [-0.3, -0.25) is 19.2 Å². The number of nitrogens with one attached hydrogen (secondary N) is 1. The number of nitrogens with zero attached hydrogens (tertiary/aromatic N) is 2. The van der Waals surface area contributed by atoms with Crippen LogP contribution in [0.2, 0.25) is 0 Å². The molecular formula is C18H18F3N3O5S. The van der Waals surface area contributed by atoms with E-state index in [1.807, 2.05) is 0 Å². The normalized spacial score (nSPS) is 12.8. The van der Waals surface area contributed by atoms with Crippen LogP contribution in [0.25, 0.3) is 0 Å². The van der Waals surface area contributed by atoms with E-state index in [1.165, 1.54) is 25.1 Å². The fraction of sp³-hybridized carbons (Fsp3) is 0.278. The Hall–Kier alpha value is -3.15. The minimum Gasteiger partial charge on any atom is -0.324 e. The van der Waals surface area contributed by atoms with Crippen LogP contribution in [-0.4, -0.2) is 31.5 Å². The monoisotopic (exact) mass is 445 g/mol. The molecule has 0 fully saturated rings. The highest BCUT2D eigenvalue weighted by atomic mass is 32.2. The molecule has 8 nitrogen and oxygen atoms in total. The first kappa shape index (κ1) is 23.1. The molecule has 2 aromatic carbocycles. The van der Waals surface area contributed by atoms with E-state index in [4.69, 9.17) is 0 Å². The second-order valence-corrected chi connectivity index (χ2v) is 8.18. The van der Waals surface area contributed by atoms with Crippen LogP contribution in [0.3, 0.4) is 0 Å². The first-order valence-electron chi connectivity index (χ1n) is 8.56. The number of anilines is 2. The van der Waals surface area contributed by atoms with Crippen molar-refractivity contribution in [3.05, 3.63) is 64.2 Å². The summed E-state index contributed by atoms with van der Waals surface area (Å²) in [7, 11) is -4.03. The van der Waals surface area contributed by atoms with Crippen LogP contribution in [0.4, 0.5) is 30.2 Å². The lowest BCUT2D eigenvalue weighted by molar-refractivity contribution is -0.384. The number of rotatable bonds is 7. The fourth-order valence-electron chi connectivity index (χ4n) is 2.77. The minimum absolute atomic E-state index is 0.00221. The average Bonchev–Trinajstić information content (AvgIpc) is 2.64. The van der Waals surface area contributed by atoms with Gasteiger partial charge < -0.3 is 5.32 Å². The van der Waals surface area contributed by atoms with Crippen molar-refractivity contribution < 1.29 is 31.3 Å². The smallest absolute Gasteiger partial charge is 0.324 e. The molecule has 2 rings (SSSR count). The highest BCUT2D eigenvalue weighted by Gasteiger charge is 2.33. The van der Waals surface area contributed by atoms with Gasteiger partial charge in [0.2, 0.25) is 15.9 Å². The number of hydrogen-bond donors (Lipinski definition) is 1. The zero-order chi connectivity index (χ0) is 22.7. The molecule has 0 bridgehead atoms. The highest BCUT2D eigenvalue weighted by molar-refractivity contribution is 7.92. The number of carbonyl (C=O) groups excluding carboxylic acids is 1. The number of benzene rings is 2. The maximum atomic E-state index is 12.7. The number of amides is 1. The zero-order valence-corrected chi connectivity index (χ0v) is 16.7. The highest BCUT2D eigenvalue weighted by Crippen LogP contribution is 2.30. The van der Waals surface area contributed by atoms with Gasteiger partial charge in [0.25, 0.3) is 5.69 Å². The molecule has 1 N–H and O–H groups in total. The van der Waals surface area contributed by atoms with Crippen LogP contribution in [0, 0.1) is 10.1 Å². The first-order valence-corrected chi connectivity index (χ1v) is 10.4. The lowest BCUT2D eigenvalue weighted by atomic mass is 10.1. The summed E-state index contributed by atoms with van der Waals surface area (Å²) in [6.45, 7) is 1.53. The molecule has 0 aliphatic carbocycles. The van der Waals surface area contributed by atoms with E-state index in [9.17, 15) is 36.5 Å². The number of nitro benzene ring substituents is 1. The van der Waals surface area contributed by atoms with Gasteiger partial charge in [0.15, 0.2) is 0 Å². The summed E-state index contributed by atoms with van der Waals surface area (Å²) < 4.78 is 63.5. The molecule has 30 heavy (non-hydrogen) atoms. The Kier molecular flexibility index (Phi) is 6.70. The van der Waals surface area contributed by atoms with Crippen LogP contribution >= 0.6 is 0 Å². The molecule has 2 aromatic rings. The van der Waals surface area contributed by atoms with Crippen molar-refractivity contribution in [2.75, 3.05) is 15.9 Å². The van der Waals surface area contributed by atoms with Gasteiger partial charge in [-0.2, -0.15) is 13.2 Å². The molecule has 0 aromatic heterocycles. The van der Waals surface area contributed by atoms with Crippen LogP contribution in [0.15, 0.2) is 48.5 Å². The fourth-order valence-corrected chi connectivity index (χ4v) is 3.98. The Bertz CT molecular complexity index is 1040. The van der Waals surface area contributed by atoms with Crippen LogP contribution in [0.1, 0.15) is 18.9 Å². The zero-order valence-electron chi connectivity index (χ0n) is 15.9. The van der Waals surface area contributed by atoms with E-state index < -0.39 is 38.6 Å². The summed E-state index contributed by atoms with van der Waals surface area (Å²) in [5.74, 6) is -0.797.